The summed E-state index contributed by atoms with van der Waals surface area (Å²) in [6, 6.07) is 13.8. The van der Waals surface area contributed by atoms with Crippen LogP contribution in [0.15, 0.2) is 59.5 Å². The van der Waals surface area contributed by atoms with Gasteiger partial charge in [0.15, 0.2) is 11.6 Å². The zero-order valence-corrected chi connectivity index (χ0v) is 22.5. The summed E-state index contributed by atoms with van der Waals surface area (Å²) in [6.45, 7) is 0.738. The molecule has 0 radical (unpaired) electrons. The number of fused-ring (bicyclic) bond motifs is 1. The van der Waals surface area contributed by atoms with E-state index < -0.39 is 22.0 Å². The van der Waals surface area contributed by atoms with Crippen LogP contribution in [0.4, 0.5) is 11.6 Å². The molecule has 36 heavy (non-hydrogen) atoms. The van der Waals surface area contributed by atoms with Gasteiger partial charge in [-0.15, -0.1) is 0 Å². The van der Waals surface area contributed by atoms with Gasteiger partial charge in [0.05, 0.1) is 27.0 Å². The quantitative estimate of drug-likeness (QED) is 0.420. The van der Waals surface area contributed by atoms with Gasteiger partial charge in [-0.05, 0) is 63.0 Å². The maximum atomic E-state index is 13.7. The van der Waals surface area contributed by atoms with Crippen LogP contribution in [-0.2, 0) is 10.0 Å². The van der Waals surface area contributed by atoms with Crippen molar-refractivity contribution in [2.24, 2.45) is 0 Å². The zero-order chi connectivity index (χ0) is 26.0. The highest BCUT2D eigenvalue weighted by molar-refractivity contribution is 7.92. The third kappa shape index (κ3) is 5.71. The van der Waals surface area contributed by atoms with Crippen LogP contribution in [0.3, 0.4) is 0 Å². The first kappa shape index (κ1) is 26.5. The number of ether oxygens (including phenoxy) is 1. The molecule has 8 nitrogen and oxygen atoms in total. The van der Waals surface area contributed by atoms with E-state index >= 15 is 0 Å². The number of sulfonamides is 1. The number of amides is 1. The number of anilines is 2. The smallest absolute Gasteiger partial charge is 0.265 e. The van der Waals surface area contributed by atoms with Gasteiger partial charge in [-0.2, -0.15) is 0 Å². The molecule has 3 aromatic rings. The predicted octanol–water partition coefficient (Wildman–Crippen LogP) is 5.20. The molecule has 1 N–H and O–H groups in total. The average molecular weight is 570 g/mol. The van der Waals surface area contributed by atoms with Gasteiger partial charge in [-0.1, -0.05) is 46.9 Å². The molecule has 1 atom stereocenters. The number of nitrogens with one attached hydrogen (secondary N) is 1. The monoisotopic (exact) mass is 568 g/mol. The minimum absolute atomic E-state index is 0.0216. The number of hydrogen-bond acceptors (Lipinski definition) is 6. The van der Waals surface area contributed by atoms with Crippen molar-refractivity contribution in [1.29, 1.82) is 0 Å². The molecule has 0 saturated heterocycles. The first-order valence-corrected chi connectivity index (χ1v) is 13.5. The van der Waals surface area contributed by atoms with Crippen LogP contribution in [0.1, 0.15) is 16.8 Å². The Balaban J connectivity index is 1.71. The first-order chi connectivity index (χ1) is 17.1. The lowest BCUT2D eigenvalue weighted by atomic mass is 10.2. The van der Waals surface area contributed by atoms with E-state index in [9.17, 15) is 13.2 Å². The summed E-state index contributed by atoms with van der Waals surface area (Å²) in [4.78, 5) is 19.3. The Bertz CT molecular complexity index is 1380. The Hall–Kier alpha value is -2.56. The standard InChI is InChI=1S/C24H23Cl3N4O4S/c1-30(2)12-11-16-14-31(36(33,34)17-6-3-5-15(25)13-17)23-20(35-16)9-10-21(28-23)29-24(32)22-18(26)7-4-8-19(22)27/h3-10,13,16H,11-12,14H2,1-2H3,(H,28,29,32)/t16-/m0/s1. The maximum Gasteiger partial charge on any atom is 0.265 e. The molecule has 0 unspecified atom stereocenters. The number of carbonyl (C=O) groups is 1. The second-order valence-electron chi connectivity index (χ2n) is 8.39. The molecule has 190 valence electrons. The molecular formula is C24H23Cl3N4O4S. The Morgan fingerprint density at radius 1 is 1.11 bits per heavy atom. The van der Waals surface area contributed by atoms with E-state index in [1.54, 1.807) is 36.4 Å². The summed E-state index contributed by atoms with van der Waals surface area (Å²) < 4.78 is 34.6. The van der Waals surface area contributed by atoms with E-state index in [-0.39, 0.29) is 44.4 Å². The number of pyridine rings is 1. The Labute approximate surface area is 224 Å². The van der Waals surface area contributed by atoms with Gasteiger partial charge in [-0.25, -0.2) is 17.7 Å². The zero-order valence-electron chi connectivity index (χ0n) is 19.4. The minimum Gasteiger partial charge on any atom is -0.485 e. The fraction of sp³-hybridized carbons (Fsp3) is 0.250. The van der Waals surface area contributed by atoms with Crippen molar-refractivity contribution in [2.75, 3.05) is 36.8 Å². The molecule has 12 heteroatoms. The number of carbonyl (C=O) groups excluding carboxylic acids is 1. The fourth-order valence-corrected chi connectivity index (χ4v) is 6.00. The molecule has 0 saturated carbocycles. The molecular weight excluding hydrogens is 547 g/mol. The van der Waals surface area contributed by atoms with Gasteiger partial charge in [0.1, 0.15) is 11.9 Å². The Morgan fingerprint density at radius 2 is 1.81 bits per heavy atom. The summed E-state index contributed by atoms with van der Waals surface area (Å²) in [6.07, 6.45) is 0.190. The highest BCUT2D eigenvalue weighted by Gasteiger charge is 2.36. The van der Waals surface area contributed by atoms with Crippen LogP contribution in [0.25, 0.3) is 0 Å². The van der Waals surface area contributed by atoms with Crippen molar-refractivity contribution >= 4 is 62.4 Å². The third-order valence-electron chi connectivity index (χ3n) is 5.45. The number of rotatable bonds is 7. The maximum absolute atomic E-state index is 13.7. The molecule has 0 fully saturated rings. The van der Waals surface area contributed by atoms with Crippen molar-refractivity contribution in [3.05, 3.63) is 75.2 Å². The van der Waals surface area contributed by atoms with Crippen molar-refractivity contribution in [3.8, 4) is 5.75 Å². The van der Waals surface area contributed by atoms with E-state index in [4.69, 9.17) is 39.5 Å². The summed E-state index contributed by atoms with van der Waals surface area (Å²) in [5.74, 6) is -0.136. The second-order valence-corrected chi connectivity index (χ2v) is 11.5. The van der Waals surface area contributed by atoms with Crippen molar-refractivity contribution in [1.82, 2.24) is 9.88 Å². The van der Waals surface area contributed by atoms with E-state index in [1.165, 1.54) is 22.5 Å². The topological polar surface area (TPSA) is 91.8 Å². The van der Waals surface area contributed by atoms with Gasteiger partial charge >= 0.3 is 0 Å². The second kappa shape index (κ2) is 10.8. The molecule has 0 aliphatic carbocycles. The number of aromatic nitrogens is 1. The fourth-order valence-electron chi connectivity index (χ4n) is 3.68. The van der Waals surface area contributed by atoms with Gasteiger partial charge in [0.2, 0.25) is 0 Å². The van der Waals surface area contributed by atoms with Crippen LogP contribution in [0.5, 0.6) is 5.75 Å². The Kier molecular flexibility index (Phi) is 7.96. The van der Waals surface area contributed by atoms with Crippen LogP contribution >= 0.6 is 34.8 Å². The van der Waals surface area contributed by atoms with Crippen LogP contribution in [-0.4, -0.2) is 57.5 Å². The number of benzene rings is 2. The molecule has 2 heterocycles. The molecule has 1 aliphatic heterocycles. The Morgan fingerprint density at radius 3 is 2.47 bits per heavy atom. The van der Waals surface area contributed by atoms with E-state index in [0.29, 0.717) is 18.0 Å². The van der Waals surface area contributed by atoms with Gasteiger partial charge in [0, 0.05) is 11.6 Å². The molecule has 1 aromatic heterocycles. The molecule has 4 rings (SSSR count). The number of hydrogen-bond donors (Lipinski definition) is 1. The normalized spacial score (nSPS) is 15.4. The predicted molar refractivity (Wildman–Crippen MR) is 142 cm³/mol. The highest BCUT2D eigenvalue weighted by Crippen LogP contribution is 2.37. The van der Waals surface area contributed by atoms with Crippen LogP contribution in [0.2, 0.25) is 15.1 Å². The van der Waals surface area contributed by atoms with E-state index in [0.717, 1.165) is 0 Å². The molecule has 0 spiro atoms. The largest absolute Gasteiger partial charge is 0.485 e. The van der Waals surface area contributed by atoms with Crippen LogP contribution < -0.4 is 14.4 Å². The minimum atomic E-state index is -4.04. The number of nitrogens with zero attached hydrogens (tertiary/aromatic N) is 3. The highest BCUT2D eigenvalue weighted by atomic mass is 35.5. The molecule has 2 aromatic carbocycles. The molecule has 1 aliphatic rings. The third-order valence-corrected chi connectivity index (χ3v) is 8.07. The van der Waals surface area contributed by atoms with Gasteiger partial charge < -0.3 is 15.0 Å². The lowest BCUT2D eigenvalue weighted by molar-refractivity contribution is 0.102. The van der Waals surface area contributed by atoms with Crippen molar-refractivity contribution in [3.63, 3.8) is 0 Å². The average Bonchev–Trinajstić information content (AvgIpc) is 2.82. The van der Waals surface area contributed by atoms with Gasteiger partial charge in [0.25, 0.3) is 15.9 Å². The van der Waals surface area contributed by atoms with E-state index in [1.807, 2.05) is 19.0 Å². The van der Waals surface area contributed by atoms with Gasteiger partial charge in [-0.3, -0.25) is 4.79 Å². The summed E-state index contributed by atoms with van der Waals surface area (Å²) >= 11 is 18.4. The van der Waals surface area contributed by atoms with Crippen molar-refractivity contribution < 1.29 is 17.9 Å². The summed E-state index contributed by atoms with van der Waals surface area (Å²) in [7, 11) is -0.183. The lowest BCUT2D eigenvalue weighted by Gasteiger charge is -2.35. The summed E-state index contributed by atoms with van der Waals surface area (Å²) in [5, 5.41) is 3.28. The summed E-state index contributed by atoms with van der Waals surface area (Å²) in [5.41, 5.74) is 0.0868. The van der Waals surface area contributed by atoms with Crippen LogP contribution in [0, 0.1) is 0 Å². The molecule has 1 amide bonds. The lowest BCUT2D eigenvalue weighted by Crippen LogP contribution is -2.45. The number of halogens is 3. The molecule has 0 bridgehead atoms. The first-order valence-electron chi connectivity index (χ1n) is 10.9. The van der Waals surface area contributed by atoms with E-state index in [2.05, 4.69) is 10.3 Å². The SMILES string of the molecule is CN(C)CC[C@H]1CN(S(=O)(=O)c2cccc(Cl)c2)c2nc(NC(=O)c3c(Cl)cccc3Cl)ccc2O1. The van der Waals surface area contributed by atoms with Crippen molar-refractivity contribution in [2.45, 2.75) is 17.4 Å².